The predicted molar refractivity (Wildman–Crippen MR) is 80.3 cm³/mol. The van der Waals surface area contributed by atoms with Gasteiger partial charge >= 0.3 is 6.03 Å². The van der Waals surface area contributed by atoms with Gasteiger partial charge in [-0.15, -0.1) is 0 Å². The van der Waals surface area contributed by atoms with E-state index in [-0.39, 0.29) is 17.8 Å². The third kappa shape index (κ3) is 4.08. The monoisotopic (exact) mass is 309 g/mol. The van der Waals surface area contributed by atoms with Crippen molar-refractivity contribution < 1.29 is 14.0 Å². The summed E-state index contributed by atoms with van der Waals surface area (Å²) in [6.07, 6.45) is 1.37. The van der Waals surface area contributed by atoms with Crippen molar-refractivity contribution in [2.24, 2.45) is 5.73 Å². The topological polar surface area (TPSA) is 99.5 Å². The van der Waals surface area contributed by atoms with E-state index >= 15 is 0 Å². The molecule has 0 aromatic heterocycles. The smallest absolute Gasteiger partial charge is 0.318 e. The average Bonchev–Trinajstić information content (AvgIpc) is 3.01. The number of nitrogens with two attached hydrogens (primary N) is 1. The highest BCUT2D eigenvalue weighted by atomic mass is 19.1. The molecular weight excluding hydrogens is 289 g/mol. The van der Waals surface area contributed by atoms with E-state index in [1.807, 2.05) is 0 Å². The minimum Gasteiger partial charge on any atom is -0.337 e. The Bertz CT molecular complexity index is 522. The molecule has 1 unspecified atom stereocenters. The fraction of sp³-hybridized carbons (Fsp3) is 0.429. The number of nitrogens with zero attached hydrogens (tertiary/aromatic N) is 1. The lowest BCUT2D eigenvalue weighted by Crippen LogP contribution is -2.51. The number of hydrogen-bond donors (Lipinski definition) is 4. The number of carbonyl (C=O) groups excluding carboxylic acids is 2. The number of nitrogens with one attached hydrogen (secondary N) is 3. The van der Waals surface area contributed by atoms with Crippen LogP contribution in [0.3, 0.4) is 0 Å². The van der Waals surface area contributed by atoms with Crippen LogP contribution in [0.5, 0.6) is 0 Å². The number of likely N-dealkylation sites (tertiary alicyclic amines) is 1. The molecule has 22 heavy (non-hydrogen) atoms. The molecule has 0 saturated carbocycles. The number of halogens is 1. The van der Waals surface area contributed by atoms with Gasteiger partial charge in [-0.25, -0.2) is 9.18 Å². The second-order valence-electron chi connectivity index (χ2n) is 4.99. The summed E-state index contributed by atoms with van der Waals surface area (Å²) in [6.45, 7) is 1.26. The maximum Gasteiger partial charge on any atom is 0.318 e. The van der Waals surface area contributed by atoms with E-state index in [0.29, 0.717) is 31.7 Å². The minimum absolute atomic E-state index is 0.287. The highest BCUT2D eigenvalue weighted by Gasteiger charge is 2.33. The fourth-order valence-corrected chi connectivity index (χ4v) is 2.31. The third-order valence-electron chi connectivity index (χ3n) is 3.41. The van der Waals surface area contributed by atoms with Gasteiger partial charge in [0, 0.05) is 19.6 Å². The van der Waals surface area contributed by atoms with Crippen LogP contribution in [0.15, 0.2) is 24.3 Å². The Morgan fingerprint density at radius 2 is 2.05 bits per heavy atom. The molecule has 0 aliphatic carbocycles. The molecule has 1 aromatic rings. The van der Waals surface area contributed by atoms with Crippen molar-refractivity contribution in [1.29, 1.82) is 0 Å². The summed E-state index contributed by atoms with van der Waals surface area (Å²) in [7, 11) is 0. The first kappa shape index (κ1) is 16.0. The molecule has 120 valence electrons. The quantitative estimate of drug-likeness (QED) is 0.592. The summed E-state index contributed by atoms with van der Waals surface area (Å²) in [5, 5.41) is 2.66. The Morgan fingerprint density at radius 1 is 1.32 bits per heavy atom. The standard InChI is InChI=1S/C14H20FN5O2/c15-10-3-5-11(6-4-10)18-19-13(21)12-2-1-9-20(12)14(22)17-8-7-16/h3-6,12,18H,1-2,7-9,16H2,(H,17,22)(H,19,21). The second kappa shape index (κ2) is 7.60. The SMILES string of the molecule is NCCNC(=O)N1CCCC1C(=O)NNc1ccc(F)cc1. The molecule has 1 heterocycles. The summed E-state index contributed by atoms with van der Waals surface area (Å²) < 4.78 is 12.8. The number of hydrogen-bond acceptors (Lipinski definition) is 4. The second-order valence-corrected chi connectivity index (χ2v) is 4.99. The molecular formula is C14H20FN5O2. The first-order valence-electron chi connectivity index (χ1n) is 7.18. The summed E-state index contributed by atoms with van der Waals surface area (Å²) >= 11 is 0. The van der Waals surface area contributed by atoms with Gasteiger partial charge in [-0.05, 0) is 37.1 Å². The van der Waals surface area contributed by atoms with Crippen LogP contribution in [0.2, 0.25) is 0 Å². The summed E-state index contributed by atoms with van der Waals surface area (Å²) in [4.78, 5) is 25.6. The van der Waals surface area contributed by atoms with Gasteiger partial charge in [-0.1, -0.05) is 0 Å². The number of carbonyl (C=O) groups is 2. The highest BCUT2D eigenvalue weighted by molar-refractivity contribution is 5.88. The van der Waals surface area contributed by atoms with Crippen molar-refractivity contribution in [2.75, 3.05) is 25.1 Å². The van der Waals surface area contributed by atoms with E-state index in [9.17, 15) is 14.0 Å². The Kier molecular flexibility index (Phi) is 5.54. The third-order valence-corrected chi connectivity index (χ3v) is 3.41. The zero-order valence-electron chi connectivity index (χ0n) is 12.1. The molecule has 1 aromatic carbocycles. The van der Waals surface area contributed by atoms with Gasteiger partial charge in [0.15, 0.2) is 0 Å². The number of benzene rings is 1. The van der Waals surface area contributed by atoms with Gasteiger partial charge in [0.25, 0.3) is 5.91 Å². The van der Waals surface area contributed by atoms with Crippen molar-refractivity contribution in [2.45, 2.75) is 18.9 Å². The average molecular weight is 309 g/mol. The van der Waals surface area contributed by atoms with Crippen LogP contribution < -0.4 is 21.9 Å². The normalized spacial score (nSPS) is 17.2. The first-order valence-corrected chi connectivity index (χ1v) is 7.18. The van der Waals surface area contributed by atoms with Crippen LogP contribution in [0.4, 0.5) is 14.9 Å². The van der Waals surface area contributed by atoms with E-state index < -0.39 is 6.04 Å². The van der Waals surface area contributed by atoms with Gasteiger partial charge in [-0.2, -0.15) is 0 Å². The maximum absolute atomic E-state index is 12.8. The fourth-order valence-electron chi connectivity index (χ4n) is 2.31. The molecule has 0 radical (unpaired) electrons. The lowest BCUT2D eigenvalue weighted by Gasteiger charge is -2.24. The Labute approximate surface area is 128 Å². The molecule has 0 bridgehead atoms. The molecule has 1 fully saturated rings. The van der Waals surface area contributed by atoms with Crippen LogP contribution in [-0.2, 0) is 4.79 Å². The number of hydrazine groups is 1. The van der Waals surface area contributed by atoms with Crippen LogP contribution in [-0.4, -0.2) is 42.5 Å². The zero-order valence-corrected chi connectivity index (χ0v) is 12.1. The molecule has 0 spiro atoms. The van der Waals surface area contributed by atoms with Crippen LogP contribution in [0.25, 0.3) is 0 Å². The van der Waals surface area contributed by atoms with Crippen molar-refractivity contribution in [3.8, 4) is 0 Å². The largest absolute Gasteiger partial charge is 0.337 e. The Hall–Kier alpha value is -2.35. The van der Waals surface area contributed by atoms with Crippen LogP contribution in [0, 0.1) is 5.82 Å². The first-order chi connectivity index (χ1) is 10.6. The van der Waals surface area contributed by atoms with Crippen LogP contribution in [0.1, 0.15) is 12.8 Å². The van der Waals surface area contributed by atoms with Gasteiger partial charge in [0.05, 0.1) is 5.69 Å². The summed E-state index contributed by atoms with van der Waals surface area (Å²) in [6, 6.07) is 4.79. The van der Waals surface area contributed by atoms with Gasteiger partial charge in [0.1, 0.15) is 11.9 Å². The lowest BCUT2D eigenvalue weighted by atomic mass is 10.2. The zero-order chi connectivity index (χ0) is 15.9. The van der Waals surface area contributed by atoms with Gasteiger partial charge in [-0.3, -0.25) is 15.6 Å². The van der Waals surface area contributed by atoms with Crippen molar-refractivity contribution in [3.05, 3.63) is 30.1 Å². The Morgan fingerprint density at radius 3 is 2.73 bits per heavy atom. The lowest BCUT2D eigenvalue weighted by molar-refractivity contribution is -0.124. The summed E-state index contributed by atoms with van der Waals surface area (Å²) in [5.41, 5.74) is 11.2. The Balaban J connectivity index is 1.87. The molecule has 2 rings (SSSR count). The predicted octanol–water partition coefficient (Wildman–Crippen LogP) is 0.402. The number of rotatable bonds is 5. The van der Waals surface area contributed by atoms with E-state index in [1.165, 1.54) is 29.2 Å². The molecule has 1 atom stereocenters. The van der Waals surface area contributed by atoms with Gasteiger partial charge < -0.3 is 16.0 Å². The number of amides is 3. The minimum atomic E-state index is -0.522. The maximum atomic E-state index is 12.8. The molecule has 1 aliphatic rings. The molecule has 1 aliphatic heterocycles. The van der Waals surface area contributed by atoms with E-state index in [2.05, 4.69) is 16.2 Å². The van der Waals surface area contributed by atoms with Crippen molar-refractivity contribution in [3.63, 3.8) is 0 Å². The van der Waals surface area contributed by atoms with E-state index in [1.54, 1.807) is 0 Å². The molecule has 3 amide bonds. The van der Waals surface area contributed by atoms with Crippen molar-refractivity contribution in [1.82, 2.24) is 15.6 Å². The molecule has 5 N–H and O–H groups in total. The van der Waals surface area contributed by atoms with Gasteiger partial charge in [0.2, 0.25) is 0 Å². The van der Waals surface area contributed by atoms with Crippen molar-refractivity contribution >= 4 is 17.6 Å². The highest BCUT2D eigenvalue weighted by Crippen LogP contribution is 2.17. The molecule has 8 heteroatoms. The van der Waals surface area contributed by atoms with E-state index in [0.717, 1.165) is 6.42 Å². The number of anilines is 1. The van der Waals surface area contributed by atoms with E-state index in [4.69, 9.17) is 5.73 Å². The number of urea groups is 1. The molecule has 1 saturated heterocycles. The van der Waals surface area contributed by atoms with Crippen LogP contribution >= 0.6 is 0 Å². The molecule has 7 nitrogen and oxygen atoms in total. The summed E-state index contributed by atoms with van der Waals surface area (Å²) in [5.74, 6) is -0.653.